The van der Waals surface area contributed by atoms with Crippen molar-refractivity contribution in [2.45, 2.75) is 25.1 Å². The Balaban J connectivity index is 1.40. The Labute approximate surface area is 244 Å². The summed E-state index contributed by atoms with van der Waals surface area (Å²) < 4.78 is 38.7. The van der Waals surface area contributed by atoms with Crippen LogP contribution >= 0.6 is 0 Å². The van der Waals surface area contributed by atoms with Crippen LogP contribution in [0, 0.1) is 5.82 Å². The molecule has 0 fully saturated rings. The summed E-state index contributed by atoms with van der Waals surface area (Å²) in [5.74, 6) is -0.313. The SMILES string of the molecule is CCCC(=O)Nc1cncc(-c2cc3c(-c4nc5c(-c6cc(F)cc(C(N)S(C)(=O)=O)c6)nccc5[nH]4)n[nH]c3cn2)c1. The summed E-state index contributed by atoms with van der Waals surface area (Å²) in [5.41, 5.74) is 10.8. The van der Waals surface area contributed by atoms with Gasteiger partial charge >= 0.3 is 0 Å². The van der Waals surface area contributed by atoms with Crippen molar-refractivity contribution in [1.82, 2.24) is 35.1 Å². The number of pyridine rings is 3. The van der Waals surface area contributed by atoms with Crippen LogP contribution in [0.5, 0.6) is 0 Å². The maximum Gasteiger partial charge on any atom is 0.224 e. The number of imidazole rings is 1. The second-order valence-electron chi connectivity index (χ2n) is 10.1. The zero-order chi connectivity index (χ0) is 30.3. The van der Waals surface area contributed by atoms with Crippen molar-refractivity contribution in [3.05, 3.63) is 72.6 Å². The third-order valence-corrected chi connectivity index (χ3v) is 8.05. The van der Waals surface area contributed by atoms with Crippen LogP contribution in [-0.2, 0) is 14.6 Å². The molecule has 1 amide bonds. The maximum absolute atomic E-state index is 14.6. The van der Waals surface area contributed by atoms with Gasteiger partial charge in [-0.2, -0.15) is 5.10 Å². The first-order valence-corrected chi connectivity index (χ1v) is 15.3. The van der Waals surface area contributed by atoms with Crippen molar-refractivity contribution in [2.75, 3.05) is 11.6 Å². The van der Waals surface area contributed by atoms with Crippen molar-refractivity contribution in [1.29, 1.82) is 0 Å². The van der Waals surface area contributed by atoms with Crippen LogP contribution in [-0.4, -0.2) is 55.7 Å². The molecule has 0 aliphatic carbocycles. The zero-order valence-electron chi connectivity index (χ0n) is 23.1. The van der Waals surface area contributed by atoms with Crippen LogP contribution < -0.4 is 11.1 Å². The first kappa shape index (κ1) is 28.1. The number of nitrogens with zero attached hydrogens (tertiary/aromatic N) is 5. The minimum Gasteiger partial charge on any atom is -0.336 e. The summed E-state index contributed by atoms with van der Waals surface area (Å²) in [6, 6.07) is 9.22. The number of hydrogen-bond donors (Lipinski definition) is 4. The fourth-order valence-corrected chi connectivity index (χ4v) is 5.40. The van der Waals surface area contributed by atoms with Crippen LogP contribution in [0.2, 0.25) is 0 Å². The van der Waals surface area contributed by atoms with E-state index in [0.717, 1.165) is 24.1 Å². The van der Waals surface area contributed by atoms with E-state index in [1.54, 1.807) is 36.9 Å². The Morgan fingerprint density at radius 1 is 1.05 bits per heavy atom. The lowest BCUT2D eigenvalue weighted by Crippen LogP contribution is -2.20. The number of benzene rings is 1. The number of H-pyrrole nitrogens is 2. The van der Waals surface area contributed by atoms with Gasteiger partial charge in [0, 0.05) is 41.6 Å². The number of fused-ring (bicyclic) bond motifs is 2. The van der Waals surface area contributed by atoms with Crippen LogP contribution in [0.15, 0.2) is 61.2 Å². The summed E-state index contributed by atoms with van der Waals surface area (Å²) in [4.78, 5) is 33.3. The molecule has 43 heavy (non-hydrogen) atoms. The standard InChI is InChI=1S/C29H26FN9O3S/c1-3-4-24(40)35-19-10-17(12-32-13-19)22-11-20-23(14-34-22)38-39-26(20)29-36-21-5-6-33-25(27(21)37-29)15-7-16(9-18(30)8-15)28(31)43(2,41)42/h5-14,28H,3-4,31H2,1-2H3,(H,35,40)(H,36,37)(H,38,39). The fraction of sp³-hybridized carbons (Fsp3) is 0.172. The third kappa shape index (κ3) is 5.57. The number of aromatic nitrogens is 7. The molecule has 0 aliphatic rings. The average Bonchev–Trinajstić information content (AvgIpc) is 3.60. The van der Waals surface area contributed by atoms with Crippen molar-refractivity contribution < 1.29 is 17.6 Å². The third-order valence-electron chi connectivity index (χ3n) is 6.85. The number of sulfone groups is 1. The molecule has 6 rings (SSSR count). The van der Waals surface area contributed by atoms with E-state index in [2.05, 4.69) is 35.5 Å². The molecule has 12 nitrogen and oxygen atoms in total. The molecular formula is C29H26FN9O3S. The summed E-state index contributed by atoms with van der Waals surface area (Å²) >= 11 is 0. The van der Waals surface area contributed by atoms with Gasteiger partial charge in [0.1, 0.15) is 22.4 Å². The zero-order valence-corrected chi connectivity index (χ0v) is 23.9. The molecule has 0 saturated heterocycles. The normalized spacial score (nSPS) is 12.6. The van der Waals surface area contributed by atoms with E-state index in [4.69, 9.17) is 10.7 Å². The van der Waals surface area contributed by atoms with Gasteiger partial charge in [-0.25, -0.2) is 17.8 Å². The van der Waals surface area contributed by atoms with Gasteiger partial charge in [0.05, 0.1) is 40.5 Å². The summed E-state index contributed by atoms with van der Waals surface area (Å²) in [6.45, 7) is 1.93. The van der Waals surface area contributed by atoms with Crippen molar-refractivity contribution in [3.63, 3.8) is 0 Å². The number of rotatable bonds is 8. The number of carbonyl (C=O) groups excluding carboxylic acids is 1. The summed E-state index contributed by atoms with van der Waals surface area (Å²) in [6.07, 6.45) is 8.58. The van der Waals surface area contributed by atoms with E-state index in [0.29, 0.717) is 62.7 Å². The predicted molar refractivity (Wildman–Crippen MR) is 161 cm³/mol. The van der Waals surface area contributed by atoms with Gasteiger partial charge in [-0.05, 0) is 48.4 Å². The fourth-order valence-electron chi connectivity index (χ4n) is 4.77. The smallest absolute Gasteiger partial charge is 0.224 e. The van der Waals surface area contributed by atoms with Gasteiger partial charge in [-0.1, -0.05) is 6.92 Å². The van der Waals surface area contributed by atoms with Crippen LogP contribution in [0.4, 0.5) is 10.1 Å². The van der Waals surface area contributed by atoms with Crippen molar-refractivity contribution in [2.24, 2.45) is 5.73 Å². The number of nitrogens with one attached hydrogen (secondary N) is 3. The van der Waals surface area contributed by atoms with Gasteiger partial charge in [0.15, 0.2) is 15.7 Å². The molecule has 0 radical (unpaired) electrons. The summed E-state index contributed by atoms with van der Waals surface area (Å²) in [5, 5.41) is 9.61. The molecule has 5 N–H and O–H groups in total. The highest BCUT2D eigenvalue weighted by Gasteiger charge is 2.22. The minimum atomic E-state index is -3.66. The predicted octanol–water partition coefficient (Wildman–Crippen LogP) is 4.50. The maximum atomic E-state index is 14.6. The highest BCUT2D eigenvalue weighted by molar-refractivity contribution is 7.90. The molecule has 218 valence electrons. The van der Waals surface area contributed by atoms with Gasteiger partial charge < -0.3 is 16.0 Å². The molecule has 0 saturated carbocycles. The molecule has 0 spiro atoms. The van der Waals surface area contributed by atoms with E-state index in [-0.39, 0.29) is 11.5 Å². The first-order valence-electron chi connectivity index (χ1n) is 13.3. The number of hydrogen-bond acceptors (Lipinski definition) is 9. The van der Waals surface area contributed by atoms with E-state index < -0.39 is 21.0 Å². The number of anilines is 1. The molecule has 5 heterocycles. The van der Waals surface area contributed by atoms with E-state index in [9.17, 15) is 17.6 Å². The van der Waals surface area contributed by atoms with E-state index in [1.807, 2.05) is 13.0 Å². The van der Waals surface area contributed by atoms with Gasteiger partial charge in [0.2, 0.25) is 5.91 Å². The highest BCUT2D eigenvalue weighted by Crippen LogP contribution is 2.33. The number of halogens is 1. The van der Waals surface area contributed by atoms with Crippen molar-refractivity contribution >= 4 is 43.4 Å². The Kier molecular flexibility index (Phi) is 7.15. The molecule has 6 aromatic rings. The lowest BCUT2D eigenvalue weighted by atomic mass is 10.1. The Hall–Kier alpha value is -5.08. The average molecular weight is 600 g/mol. The summed E-state index contributed by atoms with van der Waals surface area (Å²) in [7, 11) is -3.66. The van der Waals surface area contributed by atoms with Crippen LogP contribution in [0.1, 0.15) is 30.7 Å². The molecule has 0 bridgehead atoms. The molecular weight excluding hydrogens is 573 g/mol. The lowest BCUT2D eigenvalue weighted by molar-refractivity contribution is -0.116. The lowest BCUT2D eigenvalue weighted by Gasteiger charge is -2.12. The van der Waals surface area contributed by atoms with E-state index >= 15 is 0 Å². The van der Waals surface area contributed by atoms with Gasteiger partial charge in [-0.3, -0.25) is 24.8 Å². The molecule has 5 aromatic heterocycles. The molecule has 1 unspecified atom stereocenters. The number of carbonyl (C=O) groups is 1. The Morgan fingerprint density at radius 2 is 1.88 bits per heavy atom. The van der Waals surface area contributed by atoms with Gasteiger partial charge in [-0.15, -0.1) is 0 Å². The first-order chi connectivity index (χ1) is 20.6. The minimum absolute atomic E-state index is 0.0894. The Bertz CT molecular complexity index is 2130. The monoisotopic (exact) mass is 599 g/mol. The second-order valence-corrected chi connectivity index (χ2v) is 12.3. The Morgan fingerprint density at radius 3 is 2.67 bits per heavy atom. The number of aromatic amines is 2. The van der Waals surface area contributed by atoms with Crippen LogP contribution in [0.25, 0.3) is 56.0 Å². The quantitative estimate of drug-likeness (QED) is 0.195. The molecule has 14 heteroatoms. The topological polar surface area (TPSA) is 185 Å². The van der Waals surface area contributed by atoms with Crippen LogP contribution in [0.3, 0.4) is 0 Å². The highest BCUT2D eigenvalue weighted by atomic mass is 32.2. The second kappa shape index (κ2) is 11.0. The largest absolute Gasteiger partial charge is 0.336 e. The molecule has 0 aliphatic heterocycles. The molecule has 1 aromatic carbocycles. The number of amides is 1. The number of nitrogens with two attached hydrogens (primary N) is 1. The van der Waals surface area contributed by atoms with Gasteiger partial charge in [0.25, 0.3) is 0 Å². The molecule has 1 atom stereocenters. The van der Waals surface area contributed by atoms with E-state index in [1.165, 1.54) is 12.1 Å². The van der Waals surface area contributed by atoms with Crippen molar-refractivity contribution in [3.8, 4) is 34.0 Å².